The van der Waals surface area contributed by atoms with Crippen LogP contribution in [0.25, 0.3) is 10.2 Å². The highest BCUT2D eigenvalue weighted by Crippen LogP contribution is 2.21. The van der Waals surface area contributed by atoms with Gasteiger partial charge in [0.15, 0.2) is 0 Å². The Bertz CT molecular complexity index is 1030. The Morgan fingerprint density at radius 1 is 1.17 bits per heavy atom. The molecule has 0 aliphatic carbocycles. The Morgan fingerprint density at radius 3 is 2.54 bits per heavy atom. The van der Waals surface area contributed by atoms with Crippen molar-refractivity contribution in [3.05, 3.63) is 57.7 Å². The fraction of sp³-hybridized carbons (Fsp3) is 0.188. The standard InChI is InChI=1S/C16H16N2O4S2/c1-18-14-8-7-13(9-15(14)23-16(18)19)24(20,21)17-10-11-3-5-12(22-2)6-4-11/h3-9,17H,10H2,1-2H3. The minimum atomic E-state index is -3.66. The zero-order valence-corrected chi connectivity index (χ0v) is 14.8. The lowest BCUT2D eigenvalue weighted by Crippen LogP contribution is -2.23. The smallest absolute Gasteiger partial charge is 0.307 e. The second-order valence-electron chi connectivity index (χ2n) is 5.23. The molecule has 126 valence electrons. The minimum absolute atomic E-state index is 0.120. The van der Waals surface area contributed by atoms with Crippen molar-refractivity contribution in [2.45, 2.75) is 11.4 Å². The summed E-state index contributed by atoms with van der Waals surface area (Å²) in [5.74, 6) is 0.714. The van der Waals surface area contributed by atoms with Crippen molar-refractivity contribution < 1.29 is 13.2 Å². The molecule has 6 nitrogen and oxygen atoms in total. The first kappa shape index (κ1) is 16.7. The molecule has 1 N–H and O–H groups in total. The number of fused-ring (bicyclic) bond motifs is 1. The lowest BCUT2D eigenvalue weighted by atomic mass is 10.2. The van der Waals surface area contributed by atoms with Crippen molar-refractivity contribution in [3.8, 4) is 5.75 Å². The van der Waals surface area contributed by atoms with Gasteiger partial charge < -0.3 is 9.30 Å². The fourth-order valence-corrected chi connectivity index (χ4v) is 4.32. The second-order valence-corrected chi connectivity index (χ2v) is 7.99. The van der Waals surface area contributed by atoms with Gasteiger partial charge in [-0.05, 0) is 35.9 Å². The lowest BCUT2D eigenvalue weighted by molar-refractivity contribution is 0.414. The summed E-state index contributed by atoms with van der Waals surface area (Å²) in [6.07, 6.45) is 0. The van der Waals surface area contributed by atoms with Gasteiger partial charge in [-0.15, -0.1) is 0 Å². The minimum Gasteiger partial charge on any atom is -0.497 e. The van der Waals surface area contributed by atoms with E-state index < -0.39 is 10.0 Å². The summed E-state index contributed by atoms with van der Waals surface area (Å²) in [6.45, 7) is 0.176. The quantitative estimate of drug-likeness (QED) is 0.752. The number of sulfonamides is 1. The maximum Gasteiger partial charge on any atom is 0.307 e. The topological polar surface area (TPSA) is 77.4 Å². The number of hydrogen-bond acceptors (Lipinski definition) is 5. The van der Waals surface area contributed by atoms with Crippen LogP contribution in [0.2, 0.25) is 0 Å². The molecule has 0 saturated heterocycles. The zero-order valence-electron chi connectivity index (χ0n) is 13.1. The van der Waals surface area contributed by atoms with Gasteiger partial charge in [0.1, 0.15) is 5.75 Å². The third-order valence-electron chi connectivity index (χ3n) is 3.70. The zero-order chi connectivity index (χ0) is 17.3. The van der Waals surface area contributed by atoms with Crippen LogP contribution in [0.15, 0.2) is 52.2 Å². The van der Waals surface area contributed by atoms with Crippen LogP contribution in [0.4, 0.5) is 0 Å². The predicted molar refractivity (Wildman–Crippen MR) is 94.1 cm³/mol. The van der Waals surface area contributed by atoms with Crippen LogP contribution in [-0.4, -0.2) is 20.1 Å². The van der Waals surface area contributed by atoms with Crippen molar-refractivity contribution in [3.63, 3.8) is 0 Å². The average Bonchev–Trinajstić information content (AvgIpc) is 2.87. The molecule has 0 aliphatic heterocycles. The summed E-state index contributed by atoms with van der Waals surface area (Å²) >= 11 is 1.03. The van der Waals surface area contributed by atoms with Gasteiger partial charge in [0.2, 0.25) is 10.0 Å². The summed E-state index contributed by atoms with van der Waals surface area (Å²) in [4.78, 5) is 11.7. The molecule has 1 aromatic heterocycles. The van der Waals surface area contributed by atoms with Crippen LogP contribution in [0, 0.1) is 0 Å². The molecule has 0 amide bonds. The normalized spacial score (nSPS) is 11.8. The number of nitrogens with one attached hydrogen (secondary N) is 1. The van der Waals surface area contributed by atoms with Crippen LogP contribution in [0.3, 0.4) is 0 Å². The number of aryl methyl sites for hydroxylation is 1. The molecule has 1 heterocycles. The highest BCUT2D eigenvalue weighted by molar-refractivity contribution is 7.89. The van der Waals surface area contributed by atoms with E-state index >= 15 is 0 Å². The molecule has 3 rings (SSSR count). The first-order valence-corrected chi connectivity index (χ1v) is 9.43. The number of rotatable bonds is 5. The van der Waals surface area contributed by atoms with Crippen molar-refractivity contribution in [1.82, 2.24) is 9.29 Å². The van der Waals surface area contributed by atoms with Gasteiger partial charge in [-0.2, -0.15) is 0 Å². The number of methoxy groups -OCH3 is 1. The van der Waals surface area contributed by atoms with Gasteiger partial charge in [-0.25, -0.2) is 13.1 Å². The van der Waals surface area contributed by atoms with E-state index in [4.69, 9.17) is 4.74 Å². The van der Waals surface area contributed by atoms with E-state index in [1.807, 2.05) is 0 Å². The van der Waals surface area contributed by atoms with Gasteiger partial charge in [-0.1, -0.05) is 23.5 Å². The molecule has 0 bridgehead atoms. The first-order valence-electron chi connectivity index (χ1n) is 7.13. The molecular formula is C16H16N2O4S2. The summed E-state index contributed by atoms with van der Waals surface area (Å²) in [7, 11) is -0.416. The fourth-order valence-electron chi connectivity index (χ4n) is 2.29. The van der Waals surface area contributed by atoms with Crippen molar-refractivity contribution in [2.75, 3.05) is 7.11 Å². The third-order valence-corrected chi connectivity index (χ3v) is 6.09. The Kier molecular flexibility index (Phi) is 4.44. The van der Waals surface area contributed by atoms with Gasteiger partial charge >= 0.3 is 4.87 Å². The molecule has 0 aliphatic rings. The molecule has 0 spiro atoms. The predicted octanol–water partition coefficient (Wildman–Crippen LogP) is 2.09. The first-order chi connectivity index (χ1) is 11.4. The highest BCUT2D eigenvalue weighted by atomic mass is 32.2. The Labute approximate surface area is 143 Å². The van der Waals surface area contributed by atoms with Crippen molar-refractivity contribution in [2.24, 2.45) is 7.05 Å². The second kappa shape index (κ2) is 6.39. The van der Waals surface area contributed by atoms with Crippen LogP contribution in [-0.2, 0) is 23.6 Å². The monoisotopic (exact) mass is 364 g/mol. The maximum absolute atomic E-state index is 12.4. The Hall–Kier alpha value is -2.16. The molecule has 2 aromatic carbocycles. The Morgan fingerprint density at radius 2 is 1.88 bits per heavy atom. The molecule has 24 heavy (non-hydrogen) atoms. The summed E-state index contributed by atoms with van der Waals surface area (Å²) in [5, 5.41) is 0. The number of nitrogens with zero attached hydrogens (tertiary/aromatic N) is 1. The van der Waals surface area contributed by atoms with Crippen molar-refractivity contribution in [1.29, 1.82) is 0 Å². The van der Waals surface area contributed by atoms with Crippen LogP contribution >= 0.6 is 11.3 Å². The van der Waals surface area contributed by atoms with Gasteiger partial charge in [0.25, 0.3) is 0 Å². The molecule has 0 saturated carbocycles. The lowest BCUT2D eigenvalue weighted by Gasteiger charge is -2.08. The maximum atomic E-state index is 12.4. The third kappa shape index (κ3) is 3.21. The van der Waals surface area contributed by atoms with Gasteiger partial charge in [0.05, 0.1) is 22.2 Å². The van der Waals surface area contributed by atoms with Crippen molar-refractivity contribution >= 4 is 31.6 Å². The molecule has 0 radical (unpaired) electrons. The van der Waals surface area contributed by atoms with Crippen LogP contribution in [0.5, 0.6) is 5.75 Å². The number of aromatic nitrogens is 1. The SMILES string of the molecule is COc1ccc(CNS(=O)(=O)c2ccc3c(c2)sc(=O)n3C)cc1. The molecule has 3 aromatic rings. The van der Waals surface area contributed by atoms with E-state index in [9.17, 15) is 13.2 Å². The summed E-state index contributed by atoms with van der Waals surface area (Å²) < 4.78 is 34.7. The van der Waals surface area contributed by atoms with E-state index in [0.717, 1.165) is 22.4 Å². The van der Waals surface area contributed by atoms with Gasteiger partial charge in [-0.3, -0.25) is 4.79 Å². The summed E-state index contributed by atoms with van der Waals surface area (Å²) in [5.41, 5.74) is 1.55. The molecular weight excluding hydrogens is 348 g/mol. The average molecular weight is 364 g/mol. The largest absolute Gasteiger partial charge is 0.497 e. The summed E-state index contributed by atoms with van der Waals surface area (Å²) in [6, 6.07) is 11.8. The molecule has 0 atom stereocenters. The van der Waals surface area contributed by atoms with E-state index in [1.165, 1.54) is 16.7 Å². The molecule has 0 fully saturated rings. The van der Waals surface area contributed by atoms with Crippen LogP contribution in [0.1, 0.15) is 5.56 Å². The number of thiazole rings is 1. The van der Waals surface area contributed by atoms with E-state index in [-0.39, 0.29) is 16.3 Å². The highest BCUT2D eigenvalue weighted by Gasteiger charge is 2.16. The van der Waals surface area contributed by atoms with Crippen LogP contribution < -0.4 is 14.3 Å². The van der Waals surface area contributed by atoms with E-state index in [2.05, 4.69) is 4.72 Å². The van der Waals surface area contributed by atoms with E-state index in [0.29, 0.717) is 10.4 Å². The number of hydrogen-bond donors (Lipinski definition) is 1. The van der Waals surface area contributed by atoms with E-state index in [1.54, 1.807) is 44.5 Å². The molecule has 8 heteroatoms. The number of ether oxygens (including phenoxy) is 1. The number of benzene rings is 2. The molecule has 0 unspecified atom stereocenters. The Balaban J connectivity index is 1.83. The van der Waals surface area contributed by atoms with Gasteiger partial charge in [0, 0.05) is 13.6 Å².